The lowest BCUT2D eigenvalue weighted by atomic mass is 9.93. The smallest absolute Gasteiger partial charge is 0.266 e. The molecule has 0 spiro atoms. The number of fused-ring (bicyclic) bond motifs is 1. The highest BCUT2D eigenvalue weighted by molar-refractivity contribution is 6.23. The number of benzene rings is 2. The van der Waals surface area contributed by atoms with Crippen LogP contribution in [0.5, 0.6) is 0 Å². The number of hydroxylamine groups is 1. The molecule has 2 heterocycles. The van der Waals surface area contributed by atoms with Crippen molar-refractivity contribution in [2.45, 2.75) is 38.8 Å². The molecular formula is C21H22N2O3. The Hall–Kier alpha value is -2.66. The Balaban J connectivity index is 1.69. The van der Waals surface area contributed by atoms with Crippen LogP contribution < -0.4 is 9.96 Å². The summed E-state index contributed by atoms with van der Waals surface area (Å²) in [6.45, 7) is 4.03. The first-order valence-electron chi connectivity index (χ1n) is 9.07. The van der Waals surface area contributed by atoms with Gasteiger partial charge in [0.1, 0.15) is 0 Å². The van der Waals surface area contributed by atoms with Gasteiger partial charge in [0.2, 0.25) is 5.91 Å². The maximum atomic E-state index is 13.2. The average molecular weight is 350 g/mol. The molecule has 0 aromatic heterocycles. The minimum atomic E-state index is -0.750. The van der Waals surface area contributed by atoms with Crippen LogP contribution >= 0.6 is 0 Å². The number of rotatable bonds is 4. The highest BCUT2D eigenvalue weighted by atomic mass is 16.7. The van der Waals surface area contributed by atoms with Crippen molar-refractivity contribution in [3.05, 3.63) is 60.2 Å². The fourth-order valence-electron chi connectivity index (χ4n) is 3.93. The molecule has 0 aliphatic carbocycles. The molecule has 0 unspecified atom stereocenters. The molecule has 2 aliphatic rings. The van der Waals surface area contributed by atoms with Crippen LogP contribution in [0.4, 0.5) is 11.4 Å². The second-order valence-corrected chi connectivity index (χ2v) is 6.92. The normalized spacial score (nSPS) is 25.1. The number of hydrogen-bond donors (Lipinski definition) is 0. The van der Waals surface area contributed by atoms with Crippen LogP contribution in [0.2, 0.25) is 0 Å². The fraction of sp³-hybridized carbons (Fsp3) is 0.333. The Morgan fingerprint density at radius 3 is 2.38 bits per heavy atom. The third kappa shape index (κ3) is 2.59. The van der Waals surface area contributed by atoms with Crippen LogP contribution in [0.15, 0.2) is 54.6 Å². The van der Waals surface area contributed by atoms with E-state index in [9.17, 15) is 9.59 Å². The Morgan fingerprint density at radius 2 is 1.69 bits per heavy atom. The first-order valence-corrected chi connectivity index (χ1v) is 9.07. The zero-order valence-corrected chi connectivity index (χ0v) is 15.0. The van der Waals surface area contributed by atoms with Crippen molar-refractivity contribution in [2.24, 2.45) is 5.92 Å². The van der Waals surface area contributed by atoms with Crippen molar-refractivity contribution in [3.8, 4) is 0 Å². The Bertz CT molecular complexity index is 836. The van der Waals surface area contributed by atoms with Gasteiger partial charge in [0.05, 0.1) is 23.3 Å². The largest absolute Gasteiger partial charge is 0.273 e. The lowest BCUT2D eigenvalue weighted by Crippen LogP contribution is -2.40. The molecular weight excluding hydrogens is 328 g/mol. The minimum absolute atomic E-state index is 0.140. The third-order valence-corrected chi connectivity index (χ3v) is 5.09. The standard InChI is InChI=1S/C21H22N2O3/c1-3-8-17-18-19(26-23(17)15-10-5-4-6-11-15)21(25)22(20(18)24)16-12-7-9-14(2)13-16/h4-7,9-13,17-19H,3,8H2,1-2H3/t17-,18-,19-/m1/s1. The van der Waals surface area contributed by atoms with Crippen LogP contribution in [0.3, 0.4) is 0 Å². The molecule has 5 heteroatoms. The van der Waals surface area contributed by atoms with Crippen molar-refractivity contribution in [1.29, 1.82) is 0 Å². The maximum absolute atomic E-state index is 13.2. The number of nitrogens with zero attached hydrogens (tertiary/aromatic N) is 2. The number of amides is 2. The quantitative estimate of drug-likeness (QED) is 0.792. The van der Waals surface area contributed by atoms with Crippen molar-refractivity contribution >= 4 is 23.2 Å². The molecule has 3 atom stereocenters. The van der Waals surface area contributed by atoms with Crippen molar-refractivity contribution in [1.82, 2.24) is 0 Å². The van der Waals surface area contributed by atoms with E-state index in [1.165, 1.54) is 4.90 Å². The van der Waals surface area contributed by atoms with Crippen molar-refractivity contribution < 1.29 is 14.4 Å². The van der Waals surface area contributed by atoms with E-state index in [4.69, 9.17) is 4.84 Å². The number of carbonyl (C=O) groups excluding carboxylic acids is 2. The van der Waals surface area contributed by atoms with Gasteiger partial charge in [-0.05, 0) is 43.2 Å². The van der Waals surface area contributed by atoms with Crippen LogP contribution in [-0.4, -0.2) is 24.0 Å². The van der Waals surface area contributed by atoms with E-state index >= 15 is 0 Å². The molecule has 4 rings (SSSR count). The highest BCUT2D eigenvalue weighted by Gasteiger charge is 2.59. The molecule has 2 aromatic carbocycles. The summed E-state index contributed by atoms with van der Waals surface area (Å²) in [6.07, 6.45) is 0.947. The van der Waals surface area contributed by atoms with Gasteiger partial charge >= 0.3 is 0 Å². The second-order valence-electron chi connectivity index (χ2n) is 6.92. The molecule has 134 valence electrons. The first kappa shape index (κ1) is 16.8. The molecule has 2 saturated heterocycles. The molecule has 2 aromatic rings. The van der Waals surface area contributed by atoms with E-state index in [1.54, 1.807) is 11.1 Å². The zero-order chi connectivity index (χ0) is 18.3. The summed E-state index contributed by atoms with van der Waals surface area (Å²) in [5.41, 5.74) is 2.51. The topological polar surface area (TPSA) is 49.9 Å². The summed E-state index contributed by atoms with van der Waals surface area (Å²) in [4.78, 5) is 33.5. The average Bonchev–Trinajstić information content (AvgIpc) is 3.13. The SMILES string of the molecule is CCC[C@@H]1[C@H]2C(=O)N(c3cccc(C)c3)C(=O)[C@@H]2ON1c1ccccc1. The molecule has 2 amide bonds. The fourth-order valence-corrected chi connectivity index (χ4v) is 3.93. The van der Waals surface area contributed by atoms with Gasteiger partial charge in [-0.3, -0.25) is 14.4 Å². The van der Waals surface area contributed by atoms with Gasteiger partial charge in [-0.25, -0.2) is 9.96 Å². The van der Waals surface area contributed by atoms with Crippen LogP contribution in [0.25, 0.3) is 0 Å². The predicted octanol–water partition coefficient (Wildman–Crippen LogP) is 3.47. The molecule has 0 bridgehead atoms. The van der Waals surface area contributed by atoms with Crippen molar-refractivity contribution in [2.75, 3.05) is 9.96 Å². The summed E-state index contributed by atoms with van der Waals surface area (Å²) in [5, 5.41) is 1.77. The second kappa shape index (κ2) is 6.57. The van der Waals surface area contributed by atoms with E-state index in [0.717, 1.165) is 24.1 Å². The summed E-state index contributed by atoms with van der Waals surface area (Å²) in [7, 11) is 0. The summed E-state index contributed by atoms with van der Waals surface area (Å²) < 4.78 is 0. The van der Waals surface area contributed by atoms with E-state index in [-0.39, 0.29) is 17.9 Å². The van der Waals surface area contributed by atoms with E-state index in [1.807, 2.05) is 55.5 Å². The molecule has 26 heavy (non-hydrogen) atoms. The third-order valence-electron chi connectivity index (χ3n) is 5.09. The minimum Gasteiger partial charge on any atom is -0.273 e. The molecule has 2 fully saturated rings. The highest BCUT2D eigenvalue weighted by Crippen LogP contribution is 2.41. The van der Waals surface area contributed by atoms with Gasteiger partial charge in [-0.1, -0.05) is 43.7 Å². The lowest BCUT2D eigenvalue weighted by molar-refractivity contribution is -0.126. The Morgan fingerprint density at radius 1 is 0.962 bits per heavy atom. The summed E-state index contributed by atoms with van der Waals surface area (Å²) in [5.74, 6) is -0.907. The van der Waals surface area contributed by atoms with Crippen LogP contribution in [0, 0.1) is 12.8 Å². The van der Waals surface area contributed by atoms with Gasteiger partial charge in [0.25, 0.3) is 5.91 Å². The number of aryl methyl sites for hydroxylation is 1. The number of para-hydroxylation sites is 1. The predicted molar refractivity (Wildman–Crippen MR) is 99.7 cm³/mol. The lowest BCUT2D eigenvalue weighted by Gasteiger charge is -2.28. The molecule has 0 N–H and O–H groups in total. The van der Waals surface area contributed by atoms with E-state index in [2.05, 4.69) is 6.92 Å². The molecule has 0 saturated carbocycles. The van der Waals surface area contributed by atoms with Gasteiger partial charge in [-0.2, -0.15) is 0 Å². The van der Waals surface area contributed by atoms with Gasteiger partial charge in [0, 0.05) is 0 Å². The van der Waals surface area contributed by atoms with Crippen LogP contribution in [0.1, 0.15) is 25.3 Å². The monoisotopic (exact) mass is 350 g/mol. The Labute approximate surface area is 153 Å². The molecule has 5 nitrogen and oxygen atoms in total. The summed E-state index contributed by atoms with van der Waals surface area (Å²) in [6, 6.07) is 17.0. The van der Waals surface area contributed by atoms with Crippen molar-refractivity contribution in [3.63, 3.8) is 0 Å². The van der Waals surface area contributed by atoms with Crippen LogP contribution in [-0.2, 0) is 14.4 Å². The number of anilines is 2. The van der Waals surface area contributed by atoms with Gasteiger partial charge in [0.15, 0.2) is 6.10 Å². The number of carbonyl (C=O) groups is 2. The van der Waals surface area contributed by atoms with E-state index < -0.39 is 12.0 Å². The van der Waals surface area contributed by atoms with E-state index in [0.29, 0.717) is 5.69 Å². The maximum Gasteiger partial charge on any atom is 0.266 e. The molecule has 2 aliphatic heterocycles. The number of imide groups is 1. The summed E-state index contributed by atoms with van der Waals surface area (Å²) >= 11 is 0. The number of hydrogen-bond acceptors (Lipinski definition) is 4. The Kier molecular flexibility index (Phi) is 4.24. The first-order chi connectivity index (χ1) is 12.6. The zero-order valence-electron chi connectivity index (χ0n) is 15.0. The van der Waals surface area contributed by atoms with Gasteiger partial charge in [-0.15, -0.1) is 0 Å². The molecule has 0 radical (unpaired) electrons. The van der Waals surface area contributed by atoms with Gasteiger partial charge < -0.3 is 0 Å².